The second-order valence-corrected chi connectivity index (χ2v) is 5.84. The first kappa shape index (κ1) is 24.3. The molecule has 0 saturated carbocycles. The minimum atomic E-state index is 0.172. The molecule has 138 valence electrons. The summed E-state index contributed by atoms with van der Waals surface area (Å²) >= 11 is 0. The van der Waals surface area contributed by atoms with Crippen molar-refractivity contribution in [2.75, 3.05) is 19.6 Å². The molecule has 5 nitrogen and oxygen atoms in total. The lowest BCUT2D eigenvalue weighted by atomic mass is 10.1. The molecule has 23 heavy (non-hydrogen) atoms. The number of Topliss-reactive ketones (excluding diaryl/α,β-unsaturated/α-hetero) is 1. The smallest absolute Gasteiger partial charge is 0.219 e. The van der Waals surface area contributed by atoms with E-state index in [9.17, 15) is 9.59 Å². The average molecular weight is 330 g/mol. The number of hydrogen-bond donors (Lipinski definition) is 3. The van der Waals surface area contributed by atoms with Crippen LogP contribution in [0.3, 0.4) is 0 Å². The molecule has 0 heterocycles. The second kappa shape index (κ2) is 21.1. The van der Waals surface area contributed by atoms with E-state index in [-0.39, 0.29) is 5.91 Å². The molecule has 0 aliphatic carbocycles. The second-order valence-electron chi connectivity index (χ2n) is 5.84. The van der Waals surface area contributed by atoms with Crippen molar-refractivity contribution in [3.8, 4) is 0 Å². The van der Waals surface area contributed by atoms with Crippen LogP contribution < -0.4 is 16.8 Å². The van der Waals surface area contributed by atoms with Crippen molar-refractivity contribution in [1.29, 1.82) is 0 Å². The summed E-state index contributed by atoms with van der Waals surface area (Å²) in [5.41, 5.74) is 10.7. The Hall–Kier alpha value is -0.940. The number of carbonyl (C=O) groups excluding carboxylic acids is 2. The van der Waals surface area contributed by atoms with Gasteiger partial charge in [0.05, 0.1) is 0 Å². The maximum Gasteiger partial charge on any atom is 0.219 e. The fourth-order valence-corrected chi connectivity index (χ4v) is 2.04. The molecular formula is C18H39N3O2. The minimum absolute atomic E-state index is 0.172. The van der Waals surface area contributed by atoms with Crippen LogP contribution in [0.2, 0.25) is 0 Å². The zero-order chi connectivity index (χ0) is 17.8. The Bertz CT molecular complexity index is 271. The summed E-state index contributed by atoms with van der Waals surface area (Å²) in [7, 11) is 0. The first-order valence-electron chi connectivity index (χ1n) is 9.30. The van der Waals surface area contributed by atoms with Crippen LogP contribution in [0, 0.1) is 0 Å². The van der Waals surface area contributed by atoms with Crippen LogP contribution >= 0.6 is 0 Å². The third-order valence-corrected chi connectivity index (χ3v) is 3.37. The van der Waals surface area contributed by atoms with Gasteiger partial charge in [-0.25, -0.2) is 0 Å². The Labute approximate surface area is 143 Å². The lowest BCUT2D eigenvalue weighted by Gasteiger charge is -2.02. The molecule has 5 heteroatoms. The highest BCUT2D eigenvalue weighted by atomic mass is 16.1. The third-order valence-electron chi connectivity index (χ3n) is 3.37. The van der Waals surface area contributed by atoms with Gasteiger partial charge in [-0.1, -0.05) is 26.7 Å². The first-order valence-corrected chi connectivity index (χ1v) is 9.30. The molecule has 0 atom stereocenters. The first-order chi connectivity index (χ1) is 11.1. The fraction of sp³-hybridized carbons (Fsp3) is 0.889. The van der Waals surface area contributed by atoms with Gasteiger partial charge >= 0.3 is 0 Å². The molecule has 0 radical (unpaired) electrons. The molecule has 0 aromatic heterocycles. The molecule has 0 saturated heterocycles. The maximum atomic E-state index is 11.0. The number of nitrogens with two attached hydrogens (primary N) is 2. The van der Waals surface area contributed by atoms with Crippen molar-refractivity contribution in [1.82, 2.24) is 5.32 Å². The van der Waals surface area contributed by atoms with Crippen molar-refractivity contribution in [3.05, 3.63) is 0 Å². The van der Waals surface area contributed by atoms with Gasteiger partial charge in [-0.15, -0.1) is 0 Å². The van der Waals surface area contributed by atoms with Gasteiger partial charge in [0, 0.05) is 25.8 Å². The van der Waals surface area contributed by atoms with E-state index in [1.165, 1.54) is 0 Å². The normalized spacial score (nSPS) is 9.91. The lowest BCUT2D eigenvalue weighted by molar-refractivity contribution is -0.121. The number of amides is 1. The lowest BCUT2D eigenvalue weighted by Crippen LogP contribution is -2.23. The minimum Gasteiger partial charge on any atom is -0.356 e. The Morgan fingerprint density at radius 3 is 1.83 bits per heavy atom. The molecular weight excluding hydrogens is 290 g/mol. The molecule has 0 fully saturated rings. The molecule has 0 spiro atoms. The Morgan fingerprint density at radius 1 is 0.739 bits per heavy atom. The van der Waals surface area contributed by atoms with Crippen molar-refractivity contribution in [2.24, 2.45) is 11.5 Å². The van der Waals surface area contributed by atoms with E-state index in [0.717, 1.165) is 83.8 Å². The highest BCUT2D eigenvalue weighted by Gasteiger charge is 1.98. The van der Waals surface area contributed by atoms with Gasteiger partial charge in [0.15, 0.2) is 0 Å². The van der Waals surface area contributed by atoms with E-state index in [0.29, 0.717) is 12.2 Å². The third kappa shape index (κ3) is 23.5. The van der Waals surface area contributed by atoms with Gasteiger partial charge in [0.1, 0.15) is 5.78 Å². The van der Waals surface area contributed by atoms with Crippen molar-refractivity contribution in [2.45, 2.75) is 84.5 Å². The van der Waals surface area contributed by atoms with Crippen LogP contribution in [-0.4, -0.2) is 31.3 Å². The van der Waals surface area contributed by atoms with Gasteiger partial charge < -0.3 is 16.8 Å². The highest BCUT2D eigenvalue weighted by molar-refractivity contribution is 5.78. The summed E-state index contributed by atoms with van der Waals surface area (Å²) in [6.45, 7) is 6.36. The number of rotatable bonds is 14. The van der Waals surface area contributed by atoms with Gasteiger partial charge in [0.2, 0.25) is 5.91 Å². The van der Waals surface area contributed by atoms with Crippen LogP contribution in [0.25, 0.3) is 0 Å². The largest absolute Gasteiger partial charge is 0.356 e. The molecule has 0 aromatic rings. The van der Waals surface area contributed by atoms with Crippen LogP contribution in [-0.2, 0) is 9.59 Å². The number of ketones is 1. The van der Waals surface area contributed by atoms with Gasteiger partial charge in [-0.3, -0.25) is 9.59 Å². The summed E-state index contributed by atoms with van der Waals surface area (Å²) in [5, 5.41) is 2.86. The molecule has 0 aliphatic heterocycles. The zero-order valence-corrected chi connectivity index (χ0v) is 15.4. The van der Waals surface area contributed by atoms with E-state index < -0.39 is 0 Å². The summed E-state index contributed by atoms with van der Waals surface area (Å²) in [6.07, 6.45) is 10.5. The van der Waals surface area contributed by atoms with Gasteiger partial charge in [-0.05, 0) is 51.6 Å². The van der Waals surface area contributed by atoms with Crippen molar-refractivity contribution < 1.29 is 9.59 Å². The van der Waals surface area contributed by atoms with E-state index in [1.54, 1.807) is 0 Å². The predicted octanol–water partition coefficient (Wildman–Crippen LogP) is 2.91. The van der Waals surface area contributed by atoms with Crippen LogP contribution in [0.1, 0.15) is 84.5 Å². The van der Waals surface area contributed by atoms with Crippen LogP contribution in [0.4, 0.5) is 0 Å². The number of unbranched alkanes of at least 4 members (excludes halogenated alkanes) is 4. The molecule has 0 unspecified atom stereocenters. The monoisotopic (exact) mass is 329 g/mol. The molecule has 1 amide bonds. The quantitative estimate of drug-likeness (QED) is 0.427. The molecule has 0 aliphatic rings. The van der Waals surface area contributed by atoms with E-state index >= 15 is 0 Å². The van der Waals surface area contributed by atoms with E-state index in [2.05, 4.69) is 5.32 Å². The topological polar surface area (TPSA) is 98.2 Å². The van der Waals surface area contributed by atoms with E-state index in [4.69, 9.17) is 11.5 Å². The molecule has 0 rings (SSSR count). The summed E-state index contributed by atoms with van der Waals surface area (Å²) in [4.78, 5) is 21.9. The van der Waals surface area contributed by atoms with Gasteiger partial charge in [0.25, 0.3) is 0 Å². The predicted molar refractivity (Wildman–Crippen MR) is 98.3 cm³/mol. The van der Waals surface area contributed by atoms with Crippen molar-refractivity contribution >= 4 is 11.7 Å². The summed E-state index contributed by atoms with van der Waals surface area (Å²) < 4.78 is 0. The maximum absolute atomic E-state index is 11.0. The van der Waals surface area contributed by atoms with Crippen LogP contribution in [0.15, 0.2) is 0 Å². The Kier molecular flexibility index (Phi) is 22.3. The number of hydrogen-bond acceptors (Lipinski definition) is 4. The number of carbonyl (C=O) groups is 2. The fourth-order valence-electron chi connectivity index (χ4n) is 2.04. The Balaban J connectivity index is 0. The molecule has 5 N–H and O–H groups in total. The molecule has 0 bridgehead atoms. The summed E-state index contributed by atoms with van der Waals surface area (Å²) in [5.74, 6) is 0.578. The van der Waals surface area contributed by atoms with Crippen molar-refractivity contribution in [3.63, 3.8) is 0 Å². The Morgan fingerprint density at radius 2 is 1.30 bits per heavy atom. The van der Waals surface area contributed by atoms with E-state index in [1.807, 2.05) is 13.8 Å². The number of nitrogens with one attached hydrogen (secondary N) is 1. The summed E-state index contributed by atoms with van der Waals surface area (Å²) in [6, 6.07) is 0. The average Bonchev–Trinajstić information content (AvgIpc) is 2.53. The molecule has 0 aromatic carbocycles. The SMILES string of the molecule is CCCC(=O)CCCCCN.CCCC(=O)NCCCCCN. The zero-order valence-electron chi connectivity index (χ0n) is 15.4. The highest BCUT2D eigenvalue weighted by Crippen LogP contribution is 2.02. The van der Waals surface area contributed by atoms with Crippen LogP contribution in [0.5, 0.6) is 0 Å². The van der Waals surface area contributed by atoms with Gasteiger partial charge in [-0.2, -0.15) is 0 Å². The standard InChI is InChI=1S/C9H20N2O.C9H19NO/c1-2-6-9(12)11-8-5-3-4-7-10;1-2-6-9(11)7-4-3-5-8-10/h2-8,10H2,1H3,(H,11,12);2-8,10H2,1H3.